The fourth-order valence-electron chi connectivity index (χ4n) is 1.67. The first-order valence-electron chi connectivity index (χ1n) is 6.39. The van der Waals surface area contributed by atoms with E-state index in [1.165, 1.54) is 12.3 Å². The topological polar surface area (TPSA) is 67.2 Å². The van der Waals surface area contributed by atoms with Crippen LogP contribution in [0.1, 0.15) is 29.3 Å². The quantitative estimate of drug-likeness (QED) is 0.851. The smallest absolute Gasteiger partial charge is 0.255 e. The van der Waals surface area contributed by atoms with Gasteiger partial charge in [0.25, 0.3) is 5.91 Å². The molecule has 0 aliphatic rings. The number of furan rings is 1. The highest BCUT2D eigenvalue weighted by atomic mass is 19.1. The lowest BCUT2D eigenvalue weighted by Gasteiger charge is -2.10. The van der Waals surface area contributed by atoms with Crippen LogP contribution in [-0.2, 0) is 6.54 Å². The van der Waals surface area contributed by atoms with Crippen molar-refractivity contribution in [3.8, 4) is 0 Å². The summed E-state index contributed by atoms with van der Waals surface area (Å²) in [6, 6.07) is 2.93. The van der Waals surface area contributed by atoms with Crippen LogP contribution in [-0.4, -0.2) is 17.4 Å². The van der Waals surface area contributed by atoms with Crippen molar-refractivity contribution >= 4 is 11.7 Å². The lowest BCUT2D eigenvalue weighted by molar-refractivity contribution is 0.0951. The summed E-state index contributed by atoms with van der Waals surface area (Å²) in [5.74, 6) is -0.532. The van der Waals surface area contributed by atoms with Gasteiger partial charge in [-0.25, -0.2) is 9.37 Å². The minimum atomic E-state index is -0.541. The first-order chi connectivity index (χ1) is 9.70. The van der Waals surface area contributed by atoms with E-state index in [0.29, 0.717) is 18.9 Å². The van der Waals surface area contributed by atoms with Crippen LogP contribution in [0.25, 0.3) is 0 Å². The minimum Gasteiger partial charge on any atom is -0.472 e. The Balaban J connectivity index is 2.08. The summed E-state index contributed by atoms with van der Waals surface area (Å²) >= 11 is 0. The highest BCUT2D eigenvalue weighted by molar-refractivity contribution is 5.98. The van der Waals surface area contributed by atoms with Gasteiger partial charge in [0.1, 0.15) is 11.6 Å². The lowest BCUT2D eigenvalue weighted by Crippen LogP contribution is -2.24. The number of amides is 1. The number of nitrogens with one attached hydrogen (secondary N) is 2. The molecule has 0 aliphatic heterocycles. The molecule has 2 rings (SSSR count). The van der Waals surface area contributed by atoms with Gasteiger partial charge in [0, 0.05) is 18.7 Å². The van der Waals surface area contributed by atoms with E-state index in [2.05, 4.69) is 15.6 Å². The normalized spacial score (nSPS) is 10.3. The van der Waals surface area contributed by atoms with Crippen molar-refractivity contribution in [3.05, 3.63) is 47.8 Å². The summed E-state index contributed by atoms with van der Waals surface area (Å²) in [6.07, 6.45) is 5.04. The Labute approximate surface area is 116 Å². The van der Waals surface area contributed by atoms with Crippen LogP contribution >= 0.6 is 0 Å². The molecule has 6 heteroatoms. The van der Waals surface area contributed by atoms with Crippen LogP contribution in [0.4, 0.5) is 10.2 Å². The summed E-state index contributed by atoms with van der Waals surface area (Å²) in [7, 11) is 0. The van der Waals surface area contributed by atoms with Crippen molar-refractivity contribution in [1.29, 1.82) is 0 Å². The molecule has 5 nitrogen and oxygen atoms in total. The Bertz CT molecular complexity index is 570. The van der Waals surface area contributed by atoms with E-state index >= 15 is 0 Å². The molecule has 0 spiro atoms. The fraction of sp³-hybridized carbons (Fsp3) is 0.286. The van der Waals surface area contributed by atoms with E-state index < -0.39 is 5.82 Å². The molecule has 0 fully saturated rings. The SMILES string of the molecule is CCCNc1ncc(F)cc1C(=O)NCc1ccoc1. The number of halogens is 1. The van der Waals surface area contributed by atoms with Crippen LogP contribution in [0.5, 0.6) is 0 Å². The molecule has 2 aromatic rings. The van der Waals surface area contributed by atoms with E-state index in [1.54, 1.807) is 12.3 Å². The molecule has 0 saturated heterocycles. The number of rotatable bonds is 6. The Hall–Kier alpha value is -2.37. The molecular formula is C14H16FN3O2. The number of pyridine rings is 1. The Morgan fingerprint density at radius 1 is 1.50 bits per heavy atom. The van der Waals surface area contributed by atoms with Gasteiger partial charge in [-0.1, -0.05) is 6.92 Å². The molecule has 0 radical (unpaired) electrons. The van der Waals surface area contributed by atoms with Gasteiger partial charge in [0.2, 0.25) is 0 Å². The van der Waals surface area contributed by atoms with Crippen LogP contribution in [0, 0.1) is 5.82 Å². The molecule has 0 atom stereocenters. The standard InChI is InChI=1S/C14H16FN3O2/c1-2-4-16-13-12(6-11(15)8-17-13)14(19)18-7-10-3-5-20-9-10/h3,5-6,8-9H,2,4,7H2,1H3,(H,16,17)(H,18,19). The van der Waals surface area contributed by atoms with E-state index in [9.17, 15) is 9.18 Å². The van der Waals surface area contributed by atoms with Crippen LogP contribution in [0.2, 0.25) is 0 Å². The molecule has 1 amide bonds. The zero-order valence-electron chi connectivity index (χ0n) is 11.1. The zero-order chi connectivity index (χ0) is 14.4. The lowest BCUT2D eigenvalue weighted by atomic mass is 10.2. The summed E-state index contributed by atoms with van der Waals surface area (Å²) < 4.78 is 18.2. The number of carbonyl (C=O) groups excluding carboxylic acids is 1. The Morgan fingerprint density at radius 2 is 2.35 bits per heavy atom. The van der Waals surface area contributed by atoms with Crippen molar-refractivity contribution in [2.75, 3.05) is 11.9 Å². The maximum absolute atomic E-state index is 13.3. The Morgan fingerprint density at radius 3 is 3.05 bits per heavy atom. The number of anilines is 1. The first kappa shape index (κ1) is 14.0. The van der Waals surface area contributed by atoms with Crippen LogP contribution in [0.3, 0.4) is 0 Å². The third-order valence-electron chi connectivity index (χ3n) is 2.67. The number of aromatic nitrogens is 1. The van der Waals surface area contributed by atoms with E-state index in [-0.39, 0.29) is 11.5 Å². The first-order valence-corrected chi connectivity index (χ1v) is 6.39. The molecule has 0 bridgehead atoms. The van der Waals surface area contributed by atoms with Crippen molar-refractivity contribution in [1.82, 2.24) is 10.3 Å². The summed E-state index contributed by atoms with van der Waals surface area (Å²) in [5.41, 5.74) is 1.03. The summed E-state index contributed by atoms with van der Waals surface area (Å²) in [5, 5.41) is 5.71. The molecule has 0 saturated carbocycles. The van der Waals surface area contributed by atoms with Crippen molar-refractivity contribution < 1.29 is 13.6 Å². The van der Waals surface area contributed by atoms with E-state index in [4.69, 9.17) is 4.42 Å². The summed E-state index contributed by atoms with van der Waals surface area (Å²) in [6.45, 7) is 2.98. The maximum atomic E-state index is 13.3. The minimum absolute atomic E-state index is 0.196. The molecule has 2 N–H and O–H groups in total. The predicted octanol–water partition coefficient (Wildman–Crippen LogP) is 2.57. The van der Waals surface area contributed by atoms with Gasteiger partial charge in [0.15, 0.2) is 0 Å². The van der Waals surface area contributed by atoms with Gasteiger partial charge in [-0.15, -0.1) is 0 Å². The Kier molecular flexibility index (Phi) is 4.70. The van der Waals surface area contributed by atoms with E-state index in [0.717, 1.165) is 18.2 Å². The van der Waals surface area contributed by atoms with Gasteiger partial charge in [-0.2, -0.15) is 0 Å². The monoisotopic (exact) mass is 277 g/mol. The van der Waals surface area contributed by atoms with Gasteiger partial charge in [-0.3, -0.25) is 4.79 Å². The maximum Gasteiger partial charge on any atom is 0.255 e. The average molecular weight is 277 g/mol. The van der Waals surface area contributed by atoms with Crippen molar-refractivity contribution in [3.63, 3.8) is 0 Å². The molecular weight excluding hydrogens is 261 g/mol. The van der Waals surface area contributed by atoms with Gasteiger partial charge < -0.3 is 15.1 Å². The number of carbonyl (C=O) groups is 1. The molecule has 0 unspecified atom stereocenters. The van der Waals surface area contributed by atoms with Crippen molar-refractivity contribution in [2.24, 2.45) is 0 Å². The number of nitrogens with zero attached hydrogens (tertiary/aromatic N) is 1. The van der Waals surface area contributed by atoms with Gasteiger partial charge >= 0.3 is 0 Å². The molecule has 20 heavy (non-hydrogen) atoms. The van der Waals surface area contributed by atoms with Crippen LogP contribution in [0.15, 0.2) is 35.3 Å². The molecule has 0 aliphatic carbocycles. The number of hydrogen-bond acceptors (Lipinski definition) is 4. The predicted molar refractivity (Wildman–Crippen MR) is 72.9 cm³/mol. The fourth-order valence-corrected chi connectivity index (χ4v) is 1.67. The third kappa shape index (κ3) is 3.57. The number of hydrogen-bond donors (Lipinski definition) is 2. The highest BCUT2D eigenvalue weighted by Crippen LogP contribution is 2.14. The second-order valence-corrected chi connectivity index (χ2v) is 4.29. The largest absolute Gasteiger partial charge is 0.472 e. The van der Waals surface area contributed by atoms with Crippen molar-refractivity contribution in [2.45, 2.75) is 19.9 Å². The molecule has 2 heterocycles. The van der Waals surface area contributed by atoms with Gasteiger partial charge in [0.05, 0.1) is 24.3 Å². The third-order valence-corrected chi connectivity index (χ3v) is 2.67. The molecule has 0 aromatic carbocycles. The highest BCUT2D eigenvalue weighted by Gasteiger charge is 2.13. The molecule has 106 valence electrons. The summed E-state index contributed by atoms with van der Waals surface area (Å²) in [4.78, 5) is 16.0. The zero-order valence-corrected chi connectivity index (χ0v) is 11.1. The second-order valence-electron chi connectivity index (χ2n) is 4.29. The van der Waals surface area contributed by atoms with Gasteiger partial charge in [-0.05, 0) is 18.6 Å². The average Bonchev–Trinajstić information content (AvgIpc) is 2.96. The van der Waals surface area contributed by atoms with E-state index in [1.807, 2.05) is 6.92 Å². The molecule has 2 aromatic heterocycles. The second kappa shape index (κ2) is 6.70. The van der Waals surface area contributed by atoms with Crippen LogP contribution < -0.4 is 10.6 Å².